The molecule has 3 heterocycles. The second-order valence-electron chi connectivity index (χ2n) is 10.0. The zero-order valence-electron chi connectivity index (χ0n) is 19.7. The number of ether oxygens (including phenoxy) is 2. The number of hydrogen-bond acceptors (Lipinski definition) is 7. The fourth-order valence-electron chi connectivity index (χ4n) is 4.30. The fraction of sp³-hybridized carbons (Fsp3) is 0.500. The maximum absolute atomic E-state index is 12.9. The number of carbonyl (C=O) groups excluding carboxylic acids is 1. The highest BCUT2D eigenvalue weighted by molar-refractivity contribution is 5.99. The van der Waals surface area contributed by atoms with E-state index in [1.807, 2.05) is 45.0 Å². The first-order valence-electron chi connectivity index (χ1n) is 11.7. The Balaban J connectivity index is 1.51. The van der Waals surface area contributed by atoms with Crippen LogP contribution in [0, 0.1) is 0 Å². The monoisotopic (exact) mass is 466 g/mol. The van der Waals surface area contributed by atoms with Crippen molar-refractivity contribution in [3.8, 4) is 17.0 Å². The van der Waals surface area contributed by atoms with Gasteiger partial charge in [-0.25, -0.2) is 9.89 Å². The normalized spacial score (nSPS) is 18.8. The molecule has 1 saturated heterocycles. The smallest absolute Gasteiger partial charge is 0.410 e. The SMILES string of the molecule is CC(C)(C)OC(=O)N1CCCC(n2nc(-c3ccc(OC4CC4)cc3)c3c(N)n[nH]c(=O)c32)C1. The van der Waals surface area contributed by atoms with Gasteiger partial charge in [0, 0.05) is 18.7 Å². The maximum atomic E-state index is 12.9. The number of nitrogens with two attached hydrogens (primary N) is 1. The number of anilines is 1. The quantitative estimate of drug-likeness (QED) is 0.602. The van der Waals surface area contributed by atoms with Crippen LogP contribution >= 0.6 is 0 Å². The first kappa shape index (κ1) is 22.2. The summed E-state index contributed by atoms with van der Waals surface area (Å²) < 4.78 is 13.1. The molecule has 2 aliphatic rings. The van der Waals surface area contributed by atoms with Crippen LogP contribution in [0.25, 0.3) is 22.2 Å². The van der Waals surface area contributed by atoms with Crippen molar-refractivity contribution in [1.29, 1.82) is 0 Å². The number of piperidine rings is 1. The molecule has 5 rings (SSSR count). The number of amides is 1. The molecule has 0 radical (unpaired) electrons. The lowest BCUT2D eigenvalue weighted by Crippen LogP contribution is -2.43. The van der Waals surface area contributed by atoms with Gasteiger partial charge in [0.2, 0.25) is 0 Å². The van der Waals surface area contributed by atoms with Gasteiger partial charge in [-0.2, -0.15) is 10.2 Å². The third-order valence-corrected chi connectivity index (χ3v) is 6.01. The Labute approximate surface area is 197 Å². The van der Waals surface area contributed by atoms with Gasteiger partial charge in [0.25, 0.3) is 5.56 Å². The highest BCUT2D eigenvalue weighted by Crippen LogP contribution is 2.35. The number of nitrogens with zero attached hydrogens (tertiary/aromatic N) is 4. The van der Waals surface area contributed by atoms with Crippen LogP contribution < -0.4 is 16.0 Å². The average Bonchev–Trinajstić information content (AvgIpc) is 3.51. The van der Waals surface area contributed by atoms with Crippen LogP contribution in [-0.2, 0) is 4.74 Å². The summed E-state index contributed by atoms with van der Waals surface area (Å²) in [5.74, 6) is 1.01. The number of fused-ring (bicyclic) bond motifs is 1. The number of rotatable bonds is 4. The van der Waals surface area contributed by atoms with E-state index in [9.17, 15) is 9.59 Å². The van der Waals surface area contributed by atoms with E-state index in [-0.39, 0.29) is 23.5 Å². The minimum absolute atomic E-state index is 0.196. The van der Waals surface area contributed by atoms with Crippen LogP contribution in [0.4, 0.5) is 10.6 Å². The van der Waals surface area contributed by atoms with Crippen molar-refractivity contribution in [3.05, 3.63) is 34.6 Å². The molecular formula is C24H30N6O4. The number of aromatic nitrogens is 4. The Hall–Kier alpha value is -3.56. The van der Waals surface area contributed by atoms with Gasteiger partial charge in [-0.15, -0.1) is 0 Å². The van der Waals surface area contributed by atoms with E-state index in [1.165, 1.54) is 0 Å². The third-order valence-electron chi connectivity index (χ3n) is 6.01. The number of carbonyl (C=O) groups is 1. The second-order valence-corrected chi connectivity index (χ2v) is 10.0. The van der Waals surface area contributed by atoms with Gasteiger partial charge in [-0.05, 0) is 70.7 Å². The van der Waals surface area contributed by atoms with E-state index in [1.54, 1.807) is 9.58 Å². The lowest BCUT2D eigenvalue weighted by atomic mass is 10.1. The van der Waals surface area contributed by atoms with E-state index in [0.717, 1.165) is 37.0 Å². The number of nitrogen functional groups attached to an aromatic ring is 1. The van der Waals surface area contributed by atoms with E-state index < -0.39 is 5.60 Å². The number of aromatic amines is 1. The van der Waals surface area contributed by atoms with Crippen LogP contribution in [0.1, 0.15) is 52.5 Å². The van der Waals surface area contributed by atoms with Crippen molar-refractivity contribution in [2.45, 2.75) is 64.2 Å². The molecule has 1 atom stereocenters. The summed E-state index contributed by atoms with van der Waals surface area (Å²) in [4.78, 5) is 27.2. The molecule has 10 heteroatoms. The minimum atomic E-state index is -0.581. The topological polar surface area (TPSA) is 128 Å². The Kier molecular flexibility index (Phi) is 5.45. The molecule has 1 unspecified atom stereocenters. The van der Waals surface area contributed by atoms with E-state index in [4.69, 9.17) is 20.3 Å². The summed E-state index contributed by atoms with van der Waals surface area (Å²) in [5.41, 5.74) is 7.01. The summed E-state index contributed by atoms with van der Waals surface area (Å²) in [7, 11) is 0. The molecule has 3 N–H and O–H groups in total. The summed E-state index contributed by atoms with van der Waals surface area (Å²) in [6, 6.07) is 7.44. The number of nitrogens with one attached hydrogen (secondary N) is 1. The molecule has 1 aliphatic heterocycles. The van der Waals surface area contributed by atoms with Gasteiger partial charge < -0.3 is 20.1 Å². The van der Waals surface area contributed by atoms with E-state index in [0.29, 0.717) is 35.8 Å². The molecule has 0 spiro atoms. The maximum Gasteiger partial charge on any atom is 0.410 e. The van der Waals surface area contributed by atoms with Crippen molar-refractivity contribution in [1.82, 2.24) is 24.9 Å². The highest BCUT2D eigenvalue weighted by atomic mass is 16.6. The van der Waals surface area contributed by atoms with E-state index >= 15 is 0 Å². The Morgan fingerprint density at radius 2 is 1.91 bits per heavy atom. The molecule has 2 aromatic heterocycles. The molecule has 1 aromatic carbocycles. The molecular weight excluding hydrogens is 436 g/mol. The number of H-pyrrole nitrogens is 1. The van der Waals surface area contributed by atoms with Gasteiger partial charge in [0.15, 0.2) is 5.82 Å². The average molecular weight is 467 g/mol. The summed E-state index contributed by atoms with van der Waals surface area (Å²) in [6.07, 6.45) is 3.66. The zero-order chi connectivity index (χ0) is 24.0. The highest BCUT2D eigenvalue weighted by Gasteiger charge is 2.31. The minimum Gasteiger partial charge on any atom is -0.490 e. The van der Waals surface area contributed by atoms with Gasteiger partial charge in [0.05, 0.1) is 17.5 Å². The van der Waals surface area contributed by atoms with Gasteiger partial charge in [-0.3, -0.25) is 9.48 Å². The zero-order valence-corrected chi connectivity index (χ0v) is 19.7. The molecule has 1 saturated carbocycles. The lowest BCUT2D eigenvalue weighted by Gasteiger charge is -2.34. The summed E-state index contributed by atoms with van der Waals surface area (Å²) in [6.45, 7) is 6.52. The molecule has 180 valence electrons. The Bertz CT molecular complexity index is 1270. The standard InChI is InChI=1S/C24H30N6O4/c1-24(2,3)34-23(32)29-12-4-5-15(13-29)30-20-18(21(25)26-27-22(20)31)19(28-30)14-6-8-16(9-7-14)33-17-10-11-17/h6-9,15,17H,4-5,10-13H2,1-3H3,(H2,25,26)(H,27,31). The first-order valence-corrected chi connectivity index (χ1v) is 11.7. The van der Waals surface area contributed by atoms with Crippen LogP contribution in [0.15, 0.2) is 29.1 Å². The van der Waals surface area contributed by atoms with Gasteiger partial charge >= 0.3 is 6.09 Å². The molecule has 34 heavy (non-hydrogen) atoms. The lowest BCUT2D eigenvalue weighted by molar-refractivity contribution is 0.0169. The summed E-state index contributed by atoms with van der Waals surface area (Å²) in [5, 5.41) is 11.8. The van der Waals surface area contributed by atoms with E-state index in [2.05, 4.69) is 10.2 Å². The fourth-order valence-corrected chi connectivity index (χ4v) is 4.30. The van der Waals surface area contributed by atoms with Crippen LogP contribution in [0.2, 0.25) is 0 Å². The predicted octanol–water partition coefficient (Wildman–Crippen LogP) is 3.48. The molecule has 3 aromatic rings. The molecule has 10 nitrogen and oxygen atoms in total. The van der Waals surface area contributed by atoms with Crippen LogP contribution in [0.3, 0.4) is 0 Å². The van der Waals surface area contributed by atoms with Crippen molar-refractivity contribution < 1.29 is 14.3 Å². The molecule has 2 fully saturated rings. The third kappa shape index (κ3) is 4.44. The van der Waals surface area contributed by atoms with Crippen molar-refractivity contribution in [3.63, 3.8) is 0 Å². The summed E-state index contributed by atoms with van der Waals surface area (Å²) >= 11 is 0. The van der Waals surface area contributed by atoms with Gasteiger partial charge in [0.1, 0.15) is 22.6 Å². The molecule has 1 amide bonds. The molecule has 1 aliphatic carbocycles. The van der Waals surface area contributed by atoms with Crippen molar-refractivity contribution in [2.24, 2.45) is 0 Å². The first-order chi connectivity index (χ1) is 16.2. The van der Waals surface area contributed by atoms with Crippen molar-refractivity contribution in [2.75, 3.05) is 18.8 Å². The second kappa shape index (κ2) is 8.34. The van der Waals surface area contributed by atoms with Crippen LogP contribution in [0.5, 0.6) is 5.75 Å². The Morgan fingerprint density at radius 1 is 1.18 bits per heavy atom. The number of benzene rings is 1. The van der Waals surface area contributed by atoms with Crippen LogP contribution in [-0.4, -0.2) is 55.8 Å². The van der Waals surface area contributed by atoms with Crippen molar-refractivity contribution >= 4 is 22.8 Å². The number of hydrogen-bond donors (Lipinski definition) is 2. The number of likely N-dealkylation sites (tertiary alicyclic amines) is 1. The Morgan fingerprint density at radius 3 is 2.59 bits per heavy atom. The predicted molar refractivity (Wildman–Crippen MR) is 128 cm³/mol. The molecule has 0 bridgehead atoms. The van der Waals surface area contributed by atoms with Gasteiger partial charge in [-0.1, -0.05) is 0 Å². The largest absolute Gasteiger partial charge is 0.490 e.